The molecule has 41 heavy (non-hydrogen) atoms. The molecule has 4 rings (SSSR count). The summed E-state index contributed by atoms with van der Waals surface area (Å²) in [6.07, 6.45) is 6.27. The molecule has 2 aliphatic heterocycles. The maximum Gasteiger partial charge on any atom is 1.00 e. The predicted molar refractivity (Wildman–Crippen MR) is 155 cm³/mol. The van der Waals surface area contributed by atoms with E-state index in [0.717, 1.165) is 50.5 Å². The number of amides is 1. The first-order chi connectivity index (χ1) is 18.5. The Morgan fingerprint density at radius 3 is 2.17 bits per heavy atom. The monoisotopic (exact) mass is 585 g/mol. The van der Waals surface area contributed by atoms with Gasteiger partial charge in [-0.15, -0.1) is 0 Å². The van der Waals surface area contributed by atoms with Crippen LogP contribution in [0.3, 0.4) is 0 Å². The van der Waals surface area contributed by atoms with Gasteiger partial charge in [-0.1, -0.05) is 91.1 Å². The van der Waals surface area contributed by atoms with Gasteiger partial charge in [0.15, 0.2) is 0 Å². The van der Waals surface area contributed by atoms with Crippen LogP contribution in [0.15, 0.2) is 30.3 Å². The van der Waals surface area contributed by atoms with Gasteiger partial charge in [-0.3, -0.25) is 4.79 Å². The molecule has 8 atom stereocenters. The van der Waals surface area contributed by atoms with E-state index < -0.39 is 13.8 Å². The van der Waals surface area contributed by atoms with Crippen LogP contribution in [0.1, 0.15) is 92.1 Å². The fourth-order valence-corrected chi connectivity index (χ4v) is 6.69. The van der Waals surface area contributed by atoms with Crippen molar-refractivity contribution in [3.63, 3.8) is 0 Å². The van der Waals surface area contributed by atoms with E-state index in [-0.39, 0.29) is 81.8 Å². The van der Waals surface area contributed by atoms with Crippen LogP contribution in [0.4, 0.5) is 4.79 Å². The van der Waals surface area contributed by atoms with E-state index in [1.165, 1.54) is 0 Å². The zero-order chi connectivity index (χ0) is 28.8. The molecular formula is C29H50B2NNaO8. The second-order valence-corrected chi connectivity index (χ2v) is 12.4. The first-order valence-corrected chi connectivity index (χ1v) is 15.0. The molecule has 1 aromatic rings. The minimum absolute atomic E-state index is 0. The van der Waals surface area contributed by atoms with Gasteiger partial charge in [0, 0.05) is 0 Å². The minimum Gasteiger partial charge on any atom is -0.870 e. The number of carbonyl (C=O) groups is 2. The van der Waals surface area contributed by atoms with Crippen LogP contribution in [-0.2, 0) is 25.4 Å². The molecule has 0 bridgehead atoms. The molecule has 0 aromatic heterocycles. The number of ether oxygens (including phenoxy) is 1. The number of fused-ring (bicyclic) bond motifs is 1. The quantitative estimate of drug-likeness (QED) is 0.358. The van der Waals surface area contributed by atoms with Crippen LogP contribution >= 0.6 is 0 Å². The molecule has 2 saturated heterocycles. The van der Waals surface area contributed by atoms with Gasteiger partial charge >= 0.3 is 55.4 Å². The van der Waals surface area contributed by atoms with Crippen molar-refractivity contribution < 1.29 is 73.1 Å². The van der Waals surface area contributed by atoms with Gasteiger partial charge in [-0.2, -0.15) is 4.79 Å². The summed E-state index contributed by atoms with van der Waals surface area (Å²) in [6, 6.07) is 9.98. The topological polar surface area (TPSA) is 132 Å². The fraction of sp³-hybridized carbons (Fsp3) is 0.724. The molecular weight excluding hydrogens is 535 g/mol. The first-order valence-electron chi connectivity index (χ1n) is 15.0. The van der Waals surface area contributed by atoms with Gasteiger partial charge in [-0.25, -0.2) is 0 Å². The average Bonchev–Trinajstić information content (AvgIpc) is 3.47. The van der Waals surface area contributed by atoms with Gasteiger partial charge in [0.05, 0.1) is 12.6 Å². The van der Waals surface area contributed by atoms with E-state index in [2.05, 4.69) is 34.6 Å². The van der Waals surface area contributed by atoms with E-state index in [0.29, 0.717) is 18.4 Å². The van der Waals surface area contributed by atoms with Crippen molar-refractivity contribution >= 4 is 25.9 Å². The number of benzene rings is 1. The third-order valence-electron chi connectivity index (χ3n) is 9.43. The molecule has 0 spiro atoms. The summed E-state index contributed by atoms with van der Waals surface area (Å²) in [7, 11) is -1.14. The average molecular weight is 585 g/mol. The zero-order valence-electron chi connectivity index (χ0n) is 26.2. The maximum absolute atomic E-state index is 12.9. The Morgan fingerprint density at radius 2 is 1.61 bits per heavy atom. The Morgan fingerprint density at radius 1 is 1.00 bits per heavy atom. The Bertz CT molecular complexity index is 960. The standard InChI is InChI=1S/C22H32BNO5.C7H17BO2.Na.H2O/c1-4-16(2)13-17(3)23-24(22(26)29-23,14-21(25)28-23)19-11-8-12-20(19)27-15-18-9-6-5-7-10-18;1-4-6(2)5-7(3)8(9)10;;/h5-7,9-10,16-17,19-20H,4,8,11-15H2,1-3H3;6-7,9-10H,4-5H2,1-3H3;;1H2/q;;+1;/p-1/t16-,17-,19+,20+,23?,24?;6-,7?;;/m11../s1. The second-order valence-electron chi connectivity index (χ2n) is 12.4. The van der Waals surface area contributed by atoms with E-state index in [1.807, 2.05) is 37.3 Å². The van der Waals surface area contributed by atoms with Crippen LogP contribution in [0.2, 0.25) is 11.6 Å². The van der Waals surface area contributed by atoms with Gasteiger partial charge in [0.2, 0.25) is 0 Å². The van der Waals surface area contributed by atoms with Crippen LogP contribution in [0.25, 0.3) is 0 Å². The van der Waals surface area contributed by atoms with Crippen molar-refractivity contribution in [3.8, 4) is 0 Å². The third kappa shape index (κ3) is 8.38. The summed E-state index contributed by atoms with van der Waals surface area (Å²) < 4.78 is 17.9. The molecule has 0 radical (unpaired) electrons. The van der Waals surface area contributed by atoms with E-state index in [4.69, 9.17) is 24.1 Å². The van der Waals surface area contributed by atoms with Crippen LogP contribution in [-0.4, -0.2) is 64.5 Å². The first kappa shape index (κ1) is 38.1. The zero-order valence-corrected chi connectivity index (χ0v) is 28.2. The predicted octanol–water partition coefficient (Wildman–Crippen LogP) is 2.53. The molecule has 12 heteroatoms. The van der Waals surface area contributed by atoms with Crippen molar-refractivity contribution in [2.45, 2.75) is 117 Å². The second kappa shape index (κ2) is 16.8. The van der Waals surface area contributed by atoms with E-state index in [9.17, 15) is 9.59 Å². The third-order valence-corrected chi connectivity index (χ3v) is 9.43. The van der Waals surface area contributed by atoms with Crippen LogP contribution in [0.5, 0.6) is 0 Å². The normalized spacial score (nSPS) is 29.1. The Labute approximate surface area is 269 Å². The molecule has 1 aromatic carbocycles. The van der Waals surface area contributed by atoms with Gasteiger partial charge in [0.25, 0.3) is 0 Å². The summed E-state index contributed by atoms with van der Waals surface area (Å²) in [4.78, 5) is 25.4. The number of hydrogen-bond donors (Lipinski definition) is 2. The van der Waals surface area contributed by atoms with Gasteiger partial charge in [-0.05, 0) is 54.7 Å². The summed E-state index contributed by atoms with van der Waals surface area (Å²) in [5, 5.41) is 17.4. The number of carbonyl (C=O) groups excluding carboxylic acids is 2. The Balaban J connectivity index is 0.000000606. The molecule has 3 N–H and O–H groups in total. The molecule has 3 fully saturated rings. The molecule has 1 amide bonds. The van der Waals surface area contributed by atoms with E-state index in [1.54, 1.807) is 0 Å². The van der Waals surface area contributed by atoms with Crippen molar-refractivity contribution in [3.05, 3.63) is 35.9 Å². The molecule has 226 valence electrons. The summed E-state index contributed by atoms with van der Waals surface area (Å²) >= 11 is 0. The smallest absolute Gasteiger partial charge is 0.870 e. The maximum atomic E-state index is 12.9. The Hall–Kier alpha value is -0.910. The molecule has 1 aliphatic carbocycles. The van der Waals surface area contributed by atoms with Crippen molar-refractivity contribution in [2.75, 3.05) is 6.54 Å². The van der Waals surface area contributed by atoms with Crippen LogP contribution < -0.4 is 29.6 Å². The molecule has 9 nitrogen and oxygen atoms in total. The fourth-order valence-electron chi connectivity index (χ4n) is 6.69. The van der Waals surface area contributed by atoms with E-state index >= 15 is 0 Å². The molecule has 1 saturated carbocycles. The number of hydrogen-bond acceptors (Lipinski definition) is 8. The van der Waals surface area contributed by atoms with Crippen LogP contribution in [0, 0.1) is 11.8 Å². The molecule has 3 aliphatic rings. The minimum atomic E-state index is -2.01. The van der Waals surface area contributed by atoms with Crippen molar-refractivity contribution in [1.82, 2.24) is 0 Å². The number of quaternary nitrogens is 1. The SMILES string of the molecule is CC[C@@H](C)CC(C)B(O)O.CC[C@@H](C)C[C@@H](C)[B-]12OC(=O)C[N+]1([C@H]1CCC[C@@H]1OCc1ccccc1)C(=O)O2.[Na+].[OH-]. The van der Waals surface area contributed by atoms with Gasteiger partial charge < -0.3 is 34.0 Å². The van der Waals surface area contributed by atoms with Crippen molar-refractivity contribution in [2.24, 2.45) is 11.8 Å². The summed E-state index contributed by atoms with van der Waals surface area (Å²) in [6.45, 7) is 11.1. The molecule has 3 unspecified atom stereocenters. The molecule has 2 heterocycles. The summed E-state index contributed by atoms with van der Waals surface area (Å²) in [5.41, 5.74) is 1.11. The summed E-state index contributed by atoms with van der Waals surface area (Å²) in [5.74, 6) is 0.771. The van der Waals surface area contributed by atoms with Crippen molar-refractivity contribution in [1.29, 1.82) is 0 Å². The number of rotatable bonds is 12. The van der Waals surface area contributed by atoms with Gasteiger partial charge in [0.1, 0.15) is 12.6 Å². The number of nitrogens with zero attached hydrogens (tertiary/aromatic N) is 1. The Kier molecular flexibility index (Phi) is 15.6. The largest absolute Gasteiger partial charge is 1.00 e.